The van der Waals surface area contributed by atoms with Gasteiger partial charge in [0.05, 0.1) is 25.2 Å². The normalized spacial score (nSPS) is 13.6. The van der Waals surface area contributed by atoms with E-state index in [1.54, 1.807) is 0 Å². The summed E-state index contributed by atoms with van der Waals surface area (Å²) in [5.74, 6) is -0.563. The summed E-state index contributed by atoms with van der Waals surface area (Å²) in [6, 6.07) is -0.719. The Hall–Kier alpha value is -2.70. The first kappa shape index (κ1) is 67.3. The minimum absolute atomic E-state index is 0.0482. The lowest BCUT2D eigenvalue weighted by Crippen LogP contribution is -2.46. The molecule has 0 saturated carbocycles. The average molecular weight is 979 g/mol. The van der Waals surface area contributed by atoms with Gasteiger partial charge in [0.1, 0.15) is 6.10 Å². The topological polar surface area (TPSA) is 95.9 Å². The molecule has 0 aromatic heterocycles. The van der Waals surface area contributed by atoms with E-state index >= 15 is 0 Å². The summed E-state index contributed by atoms with van der Waals surface area (Å²) in [4.78, 5) is 26.3. The van der Waals surface area contributed by atoms with Gasteiger partial charge >= 0.3 is 5.97 Å². The summed E-state index contributed by atoms with van der Waals surface area (Å²) < 4.78 is 5.93. The lowest BCUT2D eigenvalue weighted by Gasteiger charge is -2.24. The number of nitrogens with one attached hydrogen (secondary N) is 1. The highest BCUT2D eigenvalue weighted by Crippen LogP contribution is 2.19. The fourth-order valence-electron chi connectivity index (χ4n) is 9.05. The van der Waals surface area contributed by atoms with Crippen LogP contribution in [0.2, 0.25) is 0 Å². The van der Waals surface area contributed by atoms with Crippen molar-refractivity contribution in [2.45, 2.75) is 315 Å². The number of ether oxygens (including phenoxy) is 1. The van der Waals surface area contributed by atoms with Crippen LogP contribution in [0.1, 0.15) is 297 Å². The predicted octanol–water partition coefficient (Wildman–Crippen LogP) is 18.9. The smallest absolute Gasteiger partial charge is 0.306 e. The molecule has 406 valence electrons. The van der Waals surface area contributed by atoms with Gasteiger partial charge in [-0.1, -0.05) is 293 Å². The molecule has 6 nitrogen and oxygen atoms in total. The van der Waals surface area contributed by atoms with E-state index in [-0.39, 0.29) is 31.3 Å². The van der Waals surface area contributed by atoms with Crippen LogP contribution in [-0.2, 0) is 14.3 Å². The molecule has 6 heteroatoms. The van der Waals surface area contributed by atoms with E-state index in [2.05, 4.69) is 92.9 Å². The van der Waals surface area contributed by atoms with Crippen LogP contribution in [0, 0.1) is 0 Å². The van der Waals surface area contributed by atoms with Gasteiger partial charge < -0.3 is 20.3 Å². The van der Waals surface area contributed by atoms with E-state index in [0.29, 0.717) is 19.3 Å². The molecule has 70 heavy (non-hydrogen) atoms. The van der Waals surface area contributed by atoms with Crippen molar-refractivity contribution in [3.8, 4) is 0 Å². The second-order valence-corrected chi connectivity index (χ2v) is 20.4. The molecule has 0 bridgehead atoms. The fraction of sp³-hybridized carbons (Fsp3) is 0.781. The molecule has 0 aliphatic rings. The highest BCUT2D eigenvalue weighted by molar-refractivity contribution is 5.77. The van der Waals surface area contributed by atoms with E-state index in [1.807, 2.05) is 6.08 Å². The van der Waals surface area contributed by atoms with Gasteiger partial charge in [-0.3, -0.25) is 9.59 Å². The summed E-state index contributed by atoms with van der Waals surface area (Å²) >= 11 is 0. The van der Waals surface area contributed by atoms with E-state index in [4.69, 9.17) is 4.74 Å². The van der Waals surface area contributed by atoms with Gasteiger partial charge in [-0.05, 0) is 64.2 Å². The number of aliphatic hydroxyl groups excluding tert-OH is 2. The number of hydrogen-bond donors (Lipinski definition) is 3. The number of unbranched alkanes of at least 4 members (excludes halogenated alkanes) is 30. The van der Waals surface area contributed by atoms with Gasteiger partial charge in [-0.2, -0.15) is 0 Å². The van der Waals surface area contributed by atoms with Gasteiger partial charge in [0.25, 0.3) is 0 Å². The Morgan fingerprint density at radius 1 is 0.429 bits per heavy atom. The van der Waals surface area contributed by atoms with Crippen molar-refractivity contribution in [1.82, 2.24) is 5.32 Å². The van der Waals surface area contributed by atoms with Gasteiger partial charge in [0.2, 0.25) is 5.91 Å². The molecule has 0 heterocycles. The molecule has 3 N–H and O–H groups in total. The van der Waals surface area contributed by atoms with Crippen molar-refractivity contribution in [3.63, 3.8) is 0 Å². The Labute approximate surface area is 434 Å². The largest absolute Gasteiger partial charge is 0.462 e. The molecule has 0 spiro atoms. The summed E-state index contributed by atoms with van der Waals surface area (Å²) in [6.07, 6.45) is 74.1. The third-order valence-electron chi connectivity index (χ3n) is 13.6. The molecule has 0 aromatic carbocycles. The molecule has 0 aliphatic carbocycles. The molecular formula is C64H115NO5. The van der Waals surface area contributed by atoms with E-state index in [0.717, 1.165) is 77.0 Å². The second kappa shape index (κ2) is 57.2. The van der Waals surface area contributed by atoms with Gasteiger partial charge in [-0.25, -0.2) is 0 Å². The van der Waals surface area contributed by atoms with Crippen LogP contribution in [0.5, 0.6) is 0 Å². The highest BCUT2D eigenvalue weighted by Gasteiger charge is 2.24. The van der Waals surface area contributed by atoms with E-state index in [9.17, 15) is 19.8 Å². The third kappa shape index (κ3) is 51.6. The van der Waals surface area contributed by atoms with Crippen LogP contribution in [0.15, 0.2) is 72.9 Å². The van der Waals surface area contributed by atoms with Crippen molar-refractivity contribution in [3.05, 3.63) is 72.9 Å². The Morgan fingerprint density at radius 3 is 1.09 bits per heavy atom. The standard InChI is InChI=1S/C64H115NO5/c1-4-7-10-13-16-19-22-25-28-30-31-33-36-39-42-45-48-51-54-57-64(69)70-60(55-52-49-46-43-40-37-34-27-24-21-18-15-12-9-6-3)58-63(68)65-61(59-66)62(67)56-53-50-47-44-41-38-35-32-29-26-23-20-17-14-11-8-5-2/h7,10,16,19,25,28,31,33,39,42,48,51,60-62,66-67H,4-6,8-9,11-15,17-18,20-24,26-27,29-30,32,34-38,40-41,43-47,49-50,52-59H2,1-3H3,(H,65,68)/b10-7-,19-16-,28-25-,33-31-,42-39-,51-48-. The molecule has 3 atom stereocenters. The highest BCUT2D eigenvalue weighted by atomic mass is 16.5. The first-order chi connectivity index (χ1) is 34.5. The number of carbonyl (C=O) groups excluding carboxylic acids is 2. The Morgan fingerprint density at radius 2 is 0.743 bits per heavy atom. The number of hydrogen-bond acceptors (Lipinski definition) is 5. The molecule has 3 unspecified atom stereocenters. The summed E-state index contributed by atoms with van der Waals surface area (Å²) in [7, 11) is 0. The molecule has 0 aliphatic heterocycles. The number of rotatable bonds is 54. The fourth-order valence-corrected chi connectivity index (χ4v) is 9.05. The van der Waals surface area contributed by atoms with Crippen LogP contribution in [0.3, 0.4) is 0 Å². The zero-order valence-corrected chi connectivity index (χ0v) is 46.4. The Kier molecular flexibility index (Phi) is 55.0. The van der Waals surface area contributed by atoms with Crippen LogP contribution >= 0.6 is 0 Å². The maximum Gasteiger partial charge on any atom is 0.306 e. The zero-order chi connectivity index (χ0) is 50.9. The van der Waals surface area contributed by atoms with Crippen molar-refractivity contribution in [2.75, 3.05) is 6.61 Å². The molecule has 0 saturated heterocycles. The maximum absolute atomic E-state index is 13.3. The van der Waals surface area contributed by atoms with Crippen LogP contribution in [0.4, 0.5) is 0 Å². The summed E-state index contributed by atoms with van der Waals surface area (Å²) in [5, 5.41) is 23.9. The van der Waals surface area contributed by atoms with Crippen LogP contribution in [0.25, 0.3) is 0 Å². The van der Waals surface area contributed by atoms with Crippen molar-refractivity contribution >= 4 is 11.9 Å². The summed E-state index contributed by atoms with van der Waals surface area (Å²) in [5.41, 5.74) is 0. The quantitative estimate of drug-likeness (QED) is 0.0321. The molecule has 0 aromatic rings. The van der Waals surface area contributed by atoms with Gasteiger partial charge in [0.15, 0.2) is 0 Å². The van der Waals surface area contributed by atoms with Crippen LogP contribution < -0.4 is 5.32 Å². The molecule has 0 fully saturated rings. The Balaban J connectivity index is 4.63. The minimum Gasteiger partial charge on any atom is -0.462 e. The molecule has 1 amide bonds. The van der Waals surface area contributed by atoms with Crippen molar-refractivity contribution < 1.29 is 24.5 Å². The van der Waals surface area contributed by atoms with Gasteiger partial charge in [-0.15, -0.1) is 0 Å². The van der Waals surface area contributed by atoms with Gasteiger partial charge in [0, 0.05) is 6.42 Å². The third-order valence-corrected chi connectivity index (χ3v) is 13.6. The first-order valence-electron chi connectivity index (χ1n) is 30.2. The number of carbonyl (C=O) groups is 2. The summed E-state index contributed by atoms with van der Waals surface area (Å²) in [6.45, 7) is 6.39. The lowest BCUT2D eigenvalue weighted by molar-refractivity contribution is -0.150. The lowest BCUT2D eigenvalue weighted by atomic mass is 10.0. The first-order valence-corrected chi connectivity index (χ1v) is 30.2. The molecule has 0 radical (unpaired) electrons. The zero-order valence-electron chi connectivity index (χ0n) is 46.4. The minimum atomic E-state index is -0.803. The molecular weight excluding hydrogens is 863 g/mol. The van der Waals surface area contributed by atoms with Crippen LogP contribution in [-0.4, -0.2) is 46.9 Å². The predicted molar refractivity (Wildman–Crippen MR) is 305 cm³/mol. The number of aliphatic hydroxyl groups is 2. The SMILES string of the molecule is CC/C=C\C/C=C\C/C=C\C/C=C\C/C=C\C/C=C\CCC(=O)OC(CCCCCCCCCCCCCCCCC)CC(=O)NC(CO)C(O)CCCCCCCCCCCCCCCCCCC. The van der Waals surface area contributed by atoms with Crippen molar-refractivity contribution in [2.24, 2.45) is 0 Å². The monoisotopic (exact) mass is 978 g/mol. The number of esters is 1. The van der Waals surface area contributed by atoms with E-state index in [1.165, 1.54) is 167 Å². The number of amides is 1. The Bertz CT molecular complexity index is 1280. The number of allylic oxidation sites excluding steroid dienone is 12. The maximum atomic E-state index is 13.3. The average Bonchev–Trinajstić information content (AvgIpc) is 3.35. The van der Waals surface area contributed by atoms with Crippen molar-refractivity contribution in [1.29, 1.82) is 0 Å². The van der Waals surface area contributed by atoms with E-state index < -0.39 is 18.2 Å². The second-order valence-electron chi connectivity index (χ2n) is 20.4. The molecule has 0 rings (SSSR count).